The van der Waals surface area contributed by atoms with E-state index in [1.165, 1.54) is 7.05 Å². The summed E-state index contributed by atoms with van der Waals surface area (Å²) >= 11 is 0. The largest absolute Gasteiger partial charge is 0.357 e. The Kier molecular flexibility index (Phi) is 6.39. The minimum atomic E-state index is -3.40. The van der Waals surface area contributed by atoms with Crippen molar-refractivity contribution in [2.75, 3.05) is 39.0 Å². The third-order valence-corrected chi connectivity index (χ3v) is 6.93. The number of nitrogens with zero attached hydrogens (tertiary/aromatic N) is 3. The summed E-state index contributed by atoms with van der Waals surface area (Å²) in [6, 6.07) is 11.2. The first-order valence-corrected chi connectivity index (χ1v) is 11.1. The van der Waals surface area contributed by atoms with Crippen molar-refractivity contribution in [1.82, 2.24) is 19.7 Å². The van der Waals surface area contributed by atoms with E-state index in [4.69, 9.17) is 0 Å². The highest BCUT2D eigenvalue weighted by molar-refractivity contribution is 7.91. The van der Waals surface area contributed by atoms with Crippen LogP contribution in [0.1, 0.15) is 10.5 Å². The molecule has 29 heavy (non-hydrogen) atoms. The van der Waals surface area contributed by atoms with Gasteiger partial charge in [-0.3, -0.25) is 14.5 Å². The Hall–Kier alpha value is -2.65. The van der Waals surface area contributed by atoms with E-state index in [-0.39, 0.29) is 17.6 Å². The molecule has 0 radical (unpaired) electrons. The van der Waals surface area contributed by atoms with Gasteiger partial charge in [-0.25, -0.2) is 8.42 Å². The zero-order valence-electron chi connectivity index (χ0n) is 16.6. The molecule has 1 unspecified atom stereocenters. The molecule has 1 fully saturated rings. The number of nitrogens with one attached hydrogen (secondary N) is 1. The van der Waals surface area contributed by atoms with Gasteiger partial charge in [-0.1, -0.05) is 18.2 Å². The van der Waals surface area contributed by atoms with Crippen LogP contribution in [-0.4, -0.2) is 79.6 Å². The molecule has 156 valence electrons. The number of aryl methyl sites for hydroxylation is 1. The molecular formula is C20H26N4O4S. The van der Waals surface area contributed by atoms with Crippen LogP contribution < -0.4 is 5.32 Å². The number of likely N-dealkylation sites (N-methyl/N-ethyl adjacent to an activating group) is 1. The Morgan fingerprint density at radius 3 is 2.45 bits per heavy atom. The van der Waals surface area contributed by atoms with Crippen molar-refractivity contribution in [2.24, 2.45) is 7.05 Å². The molecule has 1 aliphatic heterocycles. The van der Waals surface area contributed by atoms with E-state index in [0.29, 0.717) is 36.8 Å². The second-order valence-electron chi connectivity index (χ2n) is 7.07. The number of rotatable bonds is 6. The van der Waals surface area contributed by atoms with Gasteiger partial charge in [0.25, 0.3) is 5.91 Å². The smallest absolute Gasteiger partial charge is 0.271 e. The van der Waals surface area contributed by atoms with Gasteiger partial charge in [0.2, 0.25) is 5.91 Å². The van der Waals surface area contributed by atoms with E-state index >= 15 is 0 Å². The van der Waals surface area contributed by atoms with E-state index < -0.39 is 15.9 Å². The highest BCUT2D eigenvalue weighted by atomic mass is 32.2. The Labute approximate surface area is 171 Å². The van der Waals surface area contributed by atoms with Crippen molar-refractivity contribution < 1.29 is 18.0 Å². The van der Waals surface area contributed by atoms with Gasteiger partial charge in [0, 0.05) is 46.5 Å². The molecule has 2 aromatic rings. The first kappa shape index (κ1) is 21.1. The van der Waals surface area contributed by atoms with Gasteiger partial charge in [-0.2, -0.15) is 0 Å². The maximum atomic E-state index is 12.9. The molecule has 9 heteroatoms. The molecule has 0 aliphatic carbocycles. The van der Waals surface area contributed by atoms with Crippen LogP contribution in [0.3, 0.4) is 0 Å². The molecule has 0 spiro atoms. The van der Waals surface area contributed by atoms with Crippen molar-refractivity contribution in [3.8, 4) is 0 Å². The van der Waals surface area contributed by atoms with E-state index in [1.807, 2.05) is 4.90 Å². The normalized spacial score (nSPS) is 17.9. The van der Waals surface area contributed by atoms with Crippen LogP contribution >= 0.6 is 0 Å². The summed E-state index contributed by atoms with van der Waals surface area (Å²) in [7, 11) is -0.0814. The molecule has 2 amide bonds. The lowest BCUT2D eigenvalue weighted by Gasteiger charge is -2.40. The van der Waals surface area contributed by atoms with E-state index in [1.54, 1.807) is 65.2 Å². The van der Waals surface area contributed by atoms with Gasteiger partial charge in [0.1, 0.15) is 11.7 Å². The van der Waals surface area contributed by atoms with Gasteiger partial charge in [0.15, 0.2) is 9.84 Å². The van der Waals surface area contributed by atoms with Crippen LogP contribution in [0.15, 0.2) is 53.6 Å². The summed E-state index contributed by atoms with van der Waals surface area (Å²) in [4.78, 5) is 29.2. The van der Waals surface area contributed by atoms with Crippen molar-refractivity contribution in [3.05, 3.63) is 54.4 Å². The average Bonchev–Trinajstić information content (AvgIpc) is 3.17. The molecule has 2 heterocycles. The highest BCUT2D eigenvalue weighted by Gasteiger charge is 2.36. The number of benzene rings is 1. The summed E-state index contributed by atoms with van der Waals surface area (Å²) in [6.07, 6.45) is 1.78. The van der Waals surface area contributed by atoms with E-state index in [0.717, 1.165) is 0 Å². The average molecular weight is 419 g/mol. The third-order valence-electron chi connectivity index (χ3n) is 5.22. The Morgan fingerprint density at radius 1 is 1.10 bits per heavy atom. The zero-order chi connectivity index (χ0) is 21.0. The molecule has 1 aliphatic rings. The number of carbonyl (C=O) groups excluding carboxylic acids is 2. The number of sulfone groups is 1. The zero-order valence-corrected chi connectivity index (χ0v) is 17.4. The molecule has 0 bridgehead atoms. The third kappa shape index (κ3) is 4.68. The number of hydrogen-bond donors (Lipinski definition) is 1. The number of piperazine rings is 1. The molecule has 1 N–H and O–H groups in total. The lowest BCUT2D eigenvalue weighted by Crippen LogP contribution is -2.60. The van der Waals surface area contributed by atoms with Crippen molar-refractivity contribution in [2.45, 2.75) is 10.9 Å². The monoisotopic (exact) mass is 418 g/mol. The molecule has 1 aromatic heterocycles. The van der Waals surface area contributed by atoms with Gasteiger partial charge in [-0.05, 0) is 24.3 Å². The maximum Gasteiger partial charge on any atom is 0.271 e. The minimum absolute atomic E-state index is 0.0385. The fourth-order valence-electron chi connectivity index (χ4n) is 3.50. The first-order valence-electron chi connectivity index (χ1n) is 9.47. The number of amides is 2. The quantitative estimate of drug-likeness (QED) is 0.732. The van der Waals surface area contributed by atoms with Crippen molar-refractivity contribution in [1.29, 1.82) is 0 Å². The van der Waals surface area contributed by atoms with E-state index in [2.05, 4.69) is 5.32 Å². The SMILES string of the molecule is CNC(=O)C1CN(CCS(=O)(=O)c2ccccc2)CCN1C(=O)c1cccn1C. The van der Waals surface area contributed by atoms with E-state index in [9.17, 15) is 18.0 Å². The van der Waals surface area contributed by atoms with Crippen molar-refractivity contribution in [3.63, 3.8) is 0 Å². The maximum absolute atomic E-state index is 12.9. The molecule has 1 saturated heterocycles. The molecule has 1 aromatic carbocycles. The predicted octanol–water partition coefficient (Wildman–Crippen LogP) is 0.371. The lowest BCUT2D eigenvalue weighted by atomic mass is 10.1. The second kappa shape index (κ2) is 8.79. The van der Waals surface area contributed by atoms with Crippen molar-refractivity contribution >= 4 is 21.7 Å². The van der Waals surface area contributed by atoms with Gasteiger partial charge in [-0.15, -0.1) is 0 Å². The number of aromatic nitrogens is 1. The highest BCUT2D eigenvalue weighted by Crippen LogP contribution is 2.16. The number of carbonyl (C=O) groups is 2. The molecule has 8 nitrogen and oxygen atoms in total. The van der Waals surface area contributed by atoms with Crippen LogP contribution in [0.4, 0.5) is 0 Å². The molecule has 3 rings (SSSR count). The Morgan fingerprint density at radius 2 is 1.83 bits per heavy atom. The van der Waals surface area contributed by atoms with Gasteiger partial charge < -0.3 is 14.8 Å². The fraction of sp³-hybridized carbons (Fsp3) is 0.400. The minimum Gasteiger partial charge on any atom is -0.357 e. The molecular weight excluding hydrogens is 392 g/mol. The summed E-state index contributed by atoms with van der Waals surface area (Å²) in [5.74, 6) is -0.505. The van der Waals surface area contributed by atoms with Crippen LogP contribution in [0, 0.1) is 0 Å². The summed E-state index contributed by atoms with van der Waals surface area (Å²) in [6.45, 7) is 1.46. The summed E-state index contributed by atoms with van der Waals surface area (Å²) in [5.41, 5.74) is 0.513. The topological polar surface area (TPSA) is 91.7 Å². The standard InChI is InChI=1S/C20H26N4O4S/c1-21-19(25)18-15-23(13-14-29(27,28)16-7-4-3-5-8-16)11-12-24(18)20(26)17-9-6-10-22(17)2/h3-10,18H,11-15H2,1-2H3,(H,21,25). The van der Waals surface area contributed by atoms with Crippen LogP contribution in [0.25, 0.3) is 0 Å². The van der Waals surface area contributed by atoms with Gasteiger partial charge >= 0.3 is 0 Å². The summed E-state index contributed by atoms with van der Waals surface area (Å²) in [5, 5.41) is 2.61. The first-order chi connectivity index (χ1) is 13.8. The van der Waals surface area contributed by atoms with Crippen LogP contribution in [0.2, 0.25) is 0 Å². The molecule has 1 atom stereocenters. The second-order valence-corrected chi connectivity index (χ2v) is 9.17. The van der Waals surface area contributed by atoms with Crippen LogP contribution in [-0.2, 0) is 21.7 Å². The van der Waals surface area contributed by atoms with Gasteiger partial charge in [0.05, 0.1) is 10.6 Å². The lowest BCUT2D eigenvalue weighted by molar-refractivity contribution is -0.127. The molecule has 0 saturated carbocycles. The fourth-order valence-corrected chi connectivity index (χ4v) is 4.81. The summed E-state index contributed by atoms with van der Waals surface area (Å²) < 4.78 is 26.8. The van der Waals surface area contributed by atoms with Crippen LogP contribution in [0.5, 0.6) is 0 Å². The predicted molar refractivity (Wildman–Crippen MR) is 109 cm³/mol. The Balaban J connectivity index is 1.70. The number of hydrogen-bond acceptors (Lipinski definition) is 5. The Bertz CT molecular complexity index is 971.